The average molecular weight is 555 g/mol. The number of rotatable bonds is 7. The van der Waals surface area contributed by atoms with E-state index in [-0.39, 0.29) is 30.1 Å². The molecule has 0 radical (unpaired) electrons. The van der Waals surface area contributed by atoms with E-state index in [1.165, 1.54) is 5.57 Å². The van der Waals surface area contributed by atoms with Crippen molar-refractivity contribution >= 4 is 0 Å². The first-order valence-corrected chi connectivity index (χ1v) is 13.4. The van der Waals surface area contributed by atoms with Crippen LogP contribution in [0, 0.1) is 23.2 Å². The van der Waals surface area contributed by atoms with E-state index < -0.39 is 42.7 Å². The largest absolute Gasteiger partial charge is 0.428 e. The molecule has 3 fully saturated rings. The summed E-state index contributed by atoms with van der Waals surface area (Å²) >= 11 is 0. The van der Waals surface area contributed by atoms with Gasteiger partial charge in [0, 0.05) is 6.42 Å². The molecular formula is C28H40F6O4. The zero-order valence-corrected chi connectivity index (χ0v) is 22.0. The van der Waals surface area contributed by atoms with Crippen molar-refractivity contribution in [3.05, 3.63) is 35.5 Å². The number of halogens is 6. The molecule has 0 aliphatic heterocycles. The lowest BCUT2D eigenvalue weighted by atomic mass is 9.60. The Morgan fingerprint density at radius 2 is 1.68 bits per heavy atom. The van der Waals surface area contributed by atoms with Crippen molar-refractivity contribution in [1.82, 2.24) is 0 Å². The Labute approximate surface area is 220 Å². The quantitative estimate of drug-likeness (QED) is 0.285. The summed E-state index contributed by atoms with van der Waals surface area (Å²) in [6, 6.07) is 0. The summed E-state index contributed by atoms with van der Waals surface area (Å²) in [4.78, 5) is 0. The van der Waals surface area contributed by atoms with E-state index in [0.717, 1.165) is 37.7 Å². The normalized spacial score (nSPS) is 35.0. The summed E-state index contributed by atoms with van der Waals surface area (Å²) in [5, 5.41) is 39.3. The third kappa shape index (κ3) is 5.88. The van der Waals surface area contributed by atoms with Gasteiger partial charge in [0.05, 0.1) is 12.2 Å². The third-order valence-corrected chi connectivity index (χ3v) is 9.47. The summed E-state index contributed by atoms with van der Waals surface area (Å²) in [5.74, 6) is 0.528. The predicted octanol–water partition coefficient (Wildman–Crippen LogP) is 6.15. The summed E-state index contributed by atoms with van der Waals surface area (Å²) in [5.41, 5.74) is -2.49. The Kier molecular flexibility index (Phi) is 9.23. The second kappa shape index (κ2) is 11.3. The number of alkyl halides is 6. The van der Waals surface area contributed by atoms with Gasteiger partial charge < -0.3 is 20.4 Å². The lowest BCUT2D eigenvalue weighted by molar-refractivity contribution is -0.391. The van der Waals surface area contributed by atoms with Gasteiger partial charge in [0.2, 0.25) is 0 Å². The van der Waals surface area contributed by atoms with Crippen LogP contribution >= 0.6 is 0 Å². The molecule has 7 atom stereocenters. The lowest BCUT2D eigenvalue weighted by Gasteiger charge is -2.44. The first-order valence-electron chi connectivity index (χ1n) is 13.4. The number of aliphatic hydroxyl groups excluding tert-OH is 3. The maximum absolute atomic E-state index is 13.0. The summed E-state index contributed by atoms with van der Waals surface area (Å²) in [6.45, 7) is 8.12. The fourth-order valence-corrected chi connectivity index (χ4v) is 7.26. The minimum absolute atomic E-state index is 0.0168. The van der Waals surface area contributed by atoms with Crippen molar-refractivity contribution in [3.63, 3.8) is 0 Å². The molecule has 0 aromatic heterocycles. The van der Waals surface area contributed by atoms with Crippen LogP contribution in [0.5, 0.6) is 0 Å². The Hall–Kier alpha value is -1.36. The van der Waals surface area contributed by atoms with Crippen molar-refractivity contribution in [2.24, 2.45) is 23.2 Å². The standard InChI is InChI=1S/C28H40F6O4/c1-16(6-4-8-24(37)26(38,27(29,30)31)28(32,33)34)21-11-12-22-18(7-5-13-25(21,22)3)9-10-19-14-20(35)15-23(36)17(19)2/h9-10,16,20-24,35-38H,2,4-8,11-15H2,1,3H3/b18-9+,19-10-/t16?,20-,21-,22?,23+,24-,25-/m1/s1. The lowest BCUT2D eigenvalue weighted by Crippen LogP contribution is -2.64. The molecule has 0 amide bonds. The fourth-order valence-electron chi connectivity index (χ4n) is 7.26. The molecular weight excluding hydrogens is 514 g/mol. The molecule has 218 valence electrons. The first kappa shape index (κ1) is 31.2. The summed E-state index contributed by atoms with van der Waals surface area (Å²) < 4.78 is 78.2. The van der Waals surface area contributed by atoms with Crippen molar-refractivity contribution in [1.29, 1.82) is 0 Å². The van der Waals surface area contributed by atoms with Gasteiger partial charge in [-0.2, -0.15) is 26.3 Å². The molecule has 4 nitrogen and oxygen atoms in total. The Balaban J connectivity index is 1.66. The third-order valence-electron chi connectivity index (χ3n) is 9.47. The van der Waals surface area contributed by atoms with Gasteiger partial charge >= 0.3 is 12.4 Å². The van der Waals surface area contributed by atoms with Gasteiger partial charge in [-0.15, -0.1) is 0 Å². The van der Waals surface area contributed by atoms with Crippen molar-refractivity contribution in [3.8, 4) is 0 Å². The molecule has 0 aromatic rings. The van der Waals surface area contributed by atoms with E-state index >= 15 is 0 Å². The molecule has 3 aliphatic rings. The molecule has 0 heterocycles. The van der Waals surface area contributed by atoms with Gasteiger partial charge in [0.1, 0.15) is 6.10 Å². The van der Waals surface area contributed by atoms with E-state index in [9.17, 15) is 46.8 Å². The number of allylic oxidation sites excluding steroid dienone is 3. The fraction of sp³-hybridized carbons (Fsp3) is 0.786. The molecule has 0 bridgehead atoms. The van der Waals surface area contributed by atoms with Gasteiger partial charge in [-0.05, 0) is 79.3 Å². The molecule has 4 N–H and O–H groups in total. The number of hydrogen-bond acceptors (Lipinski definition) is 4. The van der Waals surface area contributed by atoms with Crippen molar-refractivity contribution < 1.29 is 46.8 Å². The van der Waals surface area contributed by atoms with Crippen molar-refractivity contribution in [2.45, 2.75) is 114 Å². The molecule has 2 unspecified atom stereocenters. The molecule has 0 aromatic carbocycles. The van der Waals surface area contributed by atoms with E-state index in [1.807, 2.05) is 13.0 Å². The minimum atomic E-state index is -6.04. The van der Waals surface area contributed by atoms with Gasteiger partial charge in [0.15, 0.2) is 0 Å². The van der Waals surface area contributed by atoms with Gasteiger partial charge in [-0.3, -0.25) is 0 Å². The van der Waals surface area contributed by atoms with Crippen molar-refractivity contribution in [2.75, 3.05) is 0 Å². The SMILES string of the molecule is C=C1/C(=C\C=C2/CCC[C@@]3(C)C2CC[C@@H]3C(C)CCC[C@@H](O)C(O)(C(F)(F)F)C(F)(F)F)C[C@@H](O)C[C@@H]1O. The van der Waals surface area contributed by atoms with Crippen LogP contribution in [0.3, 0.4) is 0 Å². The van der Waals surface area contributed by atoms with Crippen LogP contribution in [0.15, 0.2) is 35.5 Å². The van der Waals surface area contributed by atoms with Crippen LogP contribution in [0.2, 0.25) is 0 Å². The molecule has 10 heteroatoms. The maximum atomic E-state index is 13.0. The number of aliphatic hydroxyl groups is 4. The summed E-state index contributed by atoms with van der Waals surface area (Å²) in [6.07, 6.45) is -7.61. The monoisotopic (exact) mass is 554 g/mol. The smallest absolute Gasteiger partial charge is 0.393 e. The molecule has 38 heavy (non-hydrogen) atoms. The second-order valence-corrected chi connectivity index (χ2v) is 11.8. The van der Waals surface area contributed by atoms with Gasteiger partial charge in [-0.1, -0.05) is 51.0 Å². The highest BCUT2D eigenvalue weighted by Crippen LogP contribution is 2.60. The van der Waals surface area contributed by atoms with E-state index in [0.29, 0.717) is 24.3 Å². The Bertz CT molecular complexity index is 909. The highest BCUT2D eigenvalue weighted by Gasteiger charge is 2.73. The van der Waals surface area contributed by atoms with Crippen LogP contribution in [0.1, 0.15) is 78.1 Å². The van der Waals surface area contributed by atoms with E-state index in [2.05, 4.69) is 19.6 Å². The van der Waals surface area contributed by atoms with Crippen LogP contribution in [-0.2, 0) is 0 Å². The van der Waals surface area contributed by atoms with Crippen LogP contribution in [0.4, 0.5) is 26.3 Å². The highest BCUT2D eigenvalue weighted by molar-refractivity contribution is 5.38. The molecule has 3 saturated carbocycles. The van der Waals surface area contributed by atoms with Gasteiger partial charge in [0.25, 0.3) is 5.60 Å². The Morgan fingerprint density at radius 1 is 1.05 bits per heavy atom. The zero-order chi connectivity index (χ0) is 28.7. The Morgan fingerprint density at radius 3 is 2.29 bits per heavy atom. The van der Waals surface area contributed by atoms with Crippen LogP contribution in [-0.4, -0.2) is 56.7 Å². The minimum Gasteiger partial charge on any atom is -0.393 e. The molecule has 0 saturated heterocycles. The van der Waals surface area contributed by atoms with E-state index in [4.69, 9.17) is 0 Å². The highest BCUT2D eigenvalue weighted by atomic mass is 19.4. The van der Waals surface area contributed by atoms with Gasteiger partial charge in [-0.25, -0.2) is 0 Å². The van der Waals surface area contributed by atoms with Crippen LogP contribution in [0.25, 0.3) is 0 Å². The maximum Gasteiger partial charge on any atom is 0.428 e. The number of hydrogen-bond donors (Lipinski definition) is 4. The zero-order valence-electron chi connectivity index (χ0n) is 22.0. The average Bonchev–Trinajstić information content (AvgIpc) is 3.15. The second-order valence-electron chi connectivity index (χ2n) is 11.8. The molecule has 3 rings (SSSR count). The molecule has 3 aliphatic carbocycles. The van der Waals surface area contributed by atoms with Crippen LogP contribution < -0.4 is 0 Å². The topological polar surface area (TPSA) is 80.9 Å². The van der Waals surface area contributed by atoms with E-state index in [1.54, 1.807) is 0 Å². The number of fused-ring (bicyclic) bond motifs is 1. The summed E-state index contributed by atoms with van der Waals surface area (Å²) in [7, 11) is 0. The first-order chi connectivity index (χ1) is 17.4. The molecule has 0 spiro atoms. The predicted molar refractivity (Wildman–Crippen MR) is 131 cm³/mol.